The first-order valence-corrected chi connectivity index (χ1v) is 7.32. The Morgan fingerprint density at radius 1 is 1.48 bits per heavy atom. The molecule has 0 radical (unpaired) electrons. The third-order valence-electron chi connectivity index (χ3n) is 3.84. The molecule has 1 fully saturated rings. The number of benzene rings is 1. The Kier molecular flexibility index (Phi) is 4.38. The molecule has 2 N–H and O–H groups in total. The van der Waals surface area contributed by atoms with Gasteiger partial charge < -0.3 is 20.1 Å². The van der Waals surface area contributed by atoms with Crippen LogP contribution in [0.2, 0.25) is 0 Å². The molecule has 1 saturated heterocycles. The standard InChI is InChI=1S/C14H18N6O3/c1-23-13-6-10(5-12(7-13)20-9-15-17-18-20)16-14(22)19-4-2-3-11(19)8-21/h5-7,9,11,21H,2-4,8H2,1H3,(H,16,22)/t11-/m0/s1. The van der Waals surface area contributed by atoms with E-state index in [0.717, 1.165) is 12.8 Å². The summed E-state index contributed by atoms with van der Waals surface area (Å²) in [6, 6.07) is 4.87. The molecule has 1 atom stereocenters. The highest BCUT2D eigenvalue weighted by Crippen LogP contribution is 2.24. The monoisotopic (exact) mass is 318 g/mol. The SMILES string of the molecule is COc1cc(NC(=O)N2CCC[C@H]2CO)cc(-n2cnnn2)c1. The van der Waals surface area contributed by atoms with Crippen LogP contribution < -0.4 is 10.1 Å². The molecule has 1 aliphatic heterocycles. The quantitative estimate of drug-likeness (QED) is 0.858. The van der Waals surface area contributed by atoms with E-state index in [1.165, 1.54) is 11.0 Å². The summed E-state index contributed by atoms with van der Waals surface area (Å²) in [5.74, 6) is 0.577. The second-order valence-electron chi connectivity index (χ2n) is 5.28. The number of carbonyl (C=O) groups is 1. The number of ether oxygens (including phenoxy) is 1. The Balaban J connectivity index is 1.82. The van der Waals surface area contributed by atoms with Crippen molar-refractivity contribution in [3.8, 4) is 11.4 Å². The average molecular weight is 318 g/mol. The van der Waals surface area contributed by atoms with Gasteiger partial charge in [0.2, 0.25) is 0 Å². The van der Waals surface area contributed by atoms with E-state index >= 15 is 0 Å². The van der Waals surface area contributed by atoms with Crippen LogP contribution in [0, 0.1) is 0 Å². The second-order valence-corrected chi connectivity index (χ2v) is 5.28. The van der Waals surface area contributed by atoms with Gasteiger partial charge in [-0.2, -0.15) is 0 Å². The van der Waals surface area contributed by atoms with Crippen molar-refractivity contribution in [2.24, 2.45) is 0 Å². The number of hydrogen-bond donors (Lipinski definition) is 2. The van der Waals surface area contributed by atoms with E-state index in [9.17, 15) is 9.90 Å². The lowest BCUT2D eigenvalue weighted by Crippen LogP contribution is -2.40. The molecule has 0 bridgehead atoms. The summed E-state index contributed by atoms with van der Waals surface area (Å²) in [7, 11) is 1.55. The largest absolute Gasteiger partial charge is 0.497 e. The topological polar surface area (TPSA) is 105 Å². The smallest absolute Gasteiger partial charge is 0.322 e. The molecule has 0 aliphatic carbocycles. The predicted octanol–water partition coefficient (Wildman–Crippen LogP) is 0.659. The van der Waals surface area contributed by atoms with Crippen LogP contribution in [0.4, 0.5) is 10.5 Å². The van der Waals surface area contributed by atoms with E-state index in [4.69, 9.17) is 4.74 Å². The van der Waals surface area contributed by atoms with Gasteiger partial charge in [-0.25, -0.2) is 9.48 Å². The van der Waals surface area contributed by atoms with Crippen molar-refractivity contribution in [3.63, 3.8) is 0 Å². The Morgan fingerprint density at radius 2 is 2.35 bits per heavy atom. The number of carbonyl (C=O) groups excluding carboxylic acids is 1. The van der Waals surface area contributed by atoms with Gasteiger partial charge >= 0.3 is 6.03 Å². The maximum absolute atomic E-state index is 12.4. The van der Waals surface area contributed by atoms with Gasteiger partial charge in [0.1, 0.15) is 12.1 Å². The number of aliphatic hydroxyl groups is 1. The average Bonchev–Trinajstić information content (AvgIpc) is 3.25. The molecular formula is C14H18N6O3. The molecule has 2 heterocycles. The number of aliphatic hydroxyl groups excluding tert-OH is 1. The summed E-state index contributed by atoms with van der Waals surface area (Å²) in [5, 5.41) is 23.2. The molecular weight excluding hydrogens is 300 g/mol. The zero-order chi connectivity index (χ0) is 16.2. The Bertz CT molecular complexity index is 675. The van der Waals surface area contributed by atoms with Crippen molar-refractivity contribution in [1.82, 2.24) is 25.1 Å². The van der Waals surface area contributed by atoms with Gasteiger partial charge in [0.15, 0.2) is 0 Å². The first kappa shape index (κ1) is 15.2. The molecule has 1 aromatic heterocycles. The van der Waals surface area contributed by atoms with Crippen LogP contribution >= 0.6 is 0 Å². The second kappa shape index (κ2) is 6.61. The highest BCUT2D eigenvalue weighted by Gasteiger charge is 2.28. The molecule has 9 nitrogen and oxygen atoms in total. The van der Waals surface area contributed by atoms with Gasteiger partial charge in [-0.05, 0) is 29.3 Å². The number of nitrogens with one attached hydrogen (secondary N) is 1. The van der Waals surface area contributed by atoms with E-state index in [1.807, 2.05) is 0 Å². The first-order chi connectivity index (χ1) is 11.2. The minimum Gasteiger partial charge on any atom is -0.497 e. The number of amides is 2. The maximum Gasteiger partial charge on any atom is 0.322 e. The van der Waals surface area contributed by atoms with Crippen molar-refractivity contribution < 1.29 is 14.6 Å². The number of aromatic nitrogens is 4. The summed E-state index contributed by atoms with van der Waals surface area (Å²) in [5.41, 5.74) is 1.24. The van der Waals surface area contributed by atoms with E-state index in [-0.39, 0.29) is 18.7 Å². The number of urea groups is 1. The number of hydrogen-bond acceptors (Lipinski definition) is 6. The summed E-state index contributed by atoms with van der Waals surface area (Å²) in [6.45, 7) is 0.613. The van der Waals surface area contributed by atoms with Crippen molar-refractivity contribution in [1.29, 1.82) is 0 Å². The normalized spacial score (nSPS) is 17.3. The van der Waals surface area contributed by atoms with E-state index in [2.05, 4.69) is 20.8 Å². The summed E-state index contributed by atoms with van der Waals surface area (Å²) < 4.78 is 6.73. The highest BCUT2D eigenvalue weighted by molar-refractivity contribution is 5.90. The van der Waals surface area contributed by atoms with Crippen molar-refractivity contribution in [2.45, 2.75) is 18.9 Å². The molecule has 3 rings (SSSR count). The summed E-state index contributed by atoms with van der Waals surface area (Å²) in [6.07, 6.45) is 3.17. The van der Waals surface area contributed by atoms with Crippen LogP contribution in [0.1, 0.15) is 12.8 Å². The highest BCUT2D eigenvalue weighted by atomic mass is 16.5. The van der Waals surface area contributed by atoms with E-state index < -0.39 is 0 Å². The number of likely N-dealkylation sites (tertiary alicyclic amines) is 1. The predicted molar refractivity (Wildman–Crippen MR) is 81.5 cm³/mol. The van der Waals surface area contributed by atoms with Crippen LogP contribution in [0.25, 0.3) is 5.69 Å². The van der Waals surface area contributed by atoms with Gasteiger partial charge in [0, 0.05) is 24.4 Å². The summed E-state index contributed by atoms with van der Waals surface area (Å²) in [4.78, 5) is 14.0. The van der Waals surface area contributed by atoms with Crippen LogP contribution in [0.15, 0.2) is 24.5 Å². The Hall–Kier alpha value is -2.68. The van der Waals surface area contributed by atoms with Gasteiger partial charge in [-0.3, -0.25) is 0 Å². The lowest BCUT2D eigenvalue weighted by atomic mass is 10.2. The van der Waals surface area contributed by atoms with Crippen LogP contribution in [-0.2, 0) is 0 Å². The molecule has 9 heteroatoms. The number of methoxy groups -OCH3 is 1. The van der Waals surface area contributed by atoms with Crippen LogP contribution in [0.5, 0.6) is 5.75 Å². The zero-order valence-electron chi connectivity index (χ0n) is 12.7. The molecule has 1 aliphatic rings. The van der Waals surface area contributed by atoms with Crippen molar-refractivity contribution in [2.75, 3.05) is 25.6 Å². The molecule has 0 unspecified atom stereocenters. The van der Waals surface area contributed by atoms with Crippen molar-refractivity contribution in [3.05, 3.63) is 24.5 Å². The minimum absolute atomic E-state index is 0.0264. The number of nitrogens with zero attached hydrogens (tertiary/aromatic N) is 5. The Labute approximate surface area is 132 Å². The maximum atomic E-state index is 12.4. The molecule has 2 amide bonds. The molecule has 23 heavy (non-hydrogen) atoms. The lowest BCUT2D eigenvalue weighted by molar-refractivity contribution is 0.166. The summed E-state index contributed by atoms with van der Waals surface area (Å²) >= 11 is 0. The first-order valence-electron chi connectivity index (χ1n) is 7.32. The fourth-order valence-corrected chi connectivity index (χ4v) is 2.67. The van der Waals surface area contributed by atoms with Gasteiger partial charge in [-0.15, -0.1) is 5.10 Å². The van der Waals surface area contributed by atoms with Crippen LogP contribution in [-0.4, -0.2) is 62.5 Å². The molecule has 0 saturated carbocycles. The molecule has 0 spiro atoms. The number of anilines is 1. The lowest BCUT2D eigenvalue weighted by Gasteiger charge is -2.23. The minimum atomic E-state index is -0.238. The number of tetrazole rings is 1. The van der Waals surface area contributed by atoms with Crippen LogP contribution in [0.3, 0.4) is 0 Å². The fraction of sp³-hybridized carbons (Fsp3) is 0.429. The third-order valence-corrected chi connectivity index (χ3v) is 3.84. The van der Waals surface area contributed by atoms with E-state index in [1.54, 1.807) is 30.2 Å². The molecule has 1 aromatic carbocycles. The van der Waals surface area contributed by atoms with Gasteiger partial charge in [0.25, 0.3) is 0 Å². The van der Waals surface area contributed by atoms with Gasteiger partial charge in [-0.1, -0.05) is 0 Å². The number of rotatable bonds is 4. The zero-order valence-corrected chi connectivity index (χ0v) is 12.7. The third kappa shape index (κ3) is 3.24. The Morgan fingerprint density at radius 3 is 3.04 bits per heavy atom. The molecule has 2 aromatic rings. The van der Waals surface area contributed by atoms with Gasteiger partial charge in [0.05, 0.1) is 25.4 Å². The van der Waals surface area contributed by atoms with E-state index in [0.29, 0.717) is 23.7 Å². The fourth-order valence-electron chi connectivity index (χ4n) is 2.67. The molecule has 122 valence electrons. The van der Waals surface area contributed by atoms with Crippen molar-refractivity contribution >= 4 is 11.7 Å².